The van der Waals surface area contributed by atoms with Gasteiger partial charge in [-0.05, 0) is 0 Å². The first kappa shape index (κ1) is 14.6. The predicted molar refractivity (Wildman–Crippen MR) is 44.4 cm³/mol. The van der Waals surface area contributed by atoms with Gasteiger partial charge in [-0.2, -0.15) is 12.3 Å². The molecule has 0 aliphatic carbocycles. The quantitative estimate of drug-likeness (QED) is 0.719. The van der Waals surface area contributed by atoms with Crippen LogP contribution in [-0.2, 0) is 32.7 Å². The SMILES string of the molecule is [CH2-]C[C-](CCCO)C(C)C.[Y]. The molecule has 0 bridgehead atoms. The Hall–Kier alpha value is 1.06. The van der Waals surface area contributed by atoms with Crippen molar-refractivity contribution in [2.75, 3.05) is 6.61 Å². The molecule has 0 aromatic heterocycles. The summed E-state index contributed by atoms with van der Waals surface area (Å²) < 4.78 is 0. The van der Waals surface area contributed by atoms with E-state index in [-0.39, 0.29) is 32.7 Å². The summed E-state index contributed by atoms with van der Waals surface area (Å²) in [6.45, 7) is 8.50. The third-order valence-electron chi connectivity index (χ3n) is 1.79. The van der Waals surface area contributed by atoms with Crippen molar-refractivity contribution in [3.8, 4) is 0 Å². The van der Waals surface area contributed by atoms with E-state index in [9.17, 15) is 0 Å². The van der Waals surface area contributed by atoms with E-state index in [1.54, 1.807) is 0 Å². The maximum Gasteiger partial charge on any atom is 0.0406 e. The van der Waals surface area contributed by atoms with Crippen molar-refractivity contribution in [3.05, 3.63) is 12.8 Å². The molecule has 0 fully saturated rings. The van der Waals surface area contributed by atoms with Crippen LogP contribution in [0.1, 0.15) is 33.1 Å². The van der Waals surface area contributed by atoms with Gasteiger partial charge < -0.3 is 24.4 Å². The third kappa shape index (κ3) is 7.43. The molecule has 0 spiro atoms. The van der Waals surface area contributed by atoms with Crippen LogP contribution in [0.25, 0.3) is 0 Å². The van der Waals surface area contributed by atoms with Crippen molar-refractivity contribution in [2.45, 2.75) is 33.1 Å². The minimum atomic E-state index is 0. The molecule has 0 amide bonds. The molecule has 0 unspecified atom stereocenters. The van der Waals surface area contributed by atoms with E-state index in [0.717, 1.165) is 19.3 Å². The summed E-state index contributed by atoms with van der Waals surface area (Å²) in [5.74, 6) is 2.10. The van der Waals surface area contributed by atoms with Crippen LogP contribution < -0.4 is 0 Å². The maximum absolute atomic E-state index is 8.56. The summed E-state index contributed by atoms with van der Waals surface area (Å²) >= 11 is 0. The molecular weight excluding hydrogens is 213 g/mol. The van der Waals surface area contributed by atoms with E-state index in [0.29, 0.717) is 12.5 Å². The summed E-state index contributed by atoms with van der Waals surface area (Å²) in [4.78, 5) is 0. The Labute approximate surface area is 95.8 Å². The van der Waals surface area contributed by atoms with Gasteiger partial charge in [-0.15, -0.1) is 0 Å². The molecular formula is C9H18OY-2. The molecule has 0 aliphatic heterocycles. The fraction of sp³-hybridized carbons (Fsp3) is 0.778. The normalized spacial score (nSPS) is 10.4. The van der Waals surface area contributed by atoms with Crippen LogP contribution in [0.4, 0.5) is 0 Å². The average Bonchev–Trinajstić information content (AvgIpc) is 1.89. The molecule has 0 aliphatic rings. The van der Waals surface area contributed by atoms with Crippen LogP contribution in [-0.4, -0.2) is 11.7 Å². The number of aliphatic hydroxyl groups is 1. The van der Waals surface area contributed by atoms with Gasteiger partial charge in [0.05, 0.1) is 0 Å². The van der Waals surface area contributed by atoms with E-state index >= 15 is 0 Å². The second-order valence-electron chi connectivity index (χ2n) is 2.89. The molecule has 0 aromatic carbocycles. The number of rotatable bonds is 5. The second kappa shape index (κ2) is 9.15. The zero-order valence-corrected chi connectivity index (χ0v) is 10.5. The van der Waals surface area contributed by atoms with Crippen molar-refractivity contribution in [2.24, 2.45) is 5.92 Å². The van der Waals surface area contributed by atoms with Crippen molar-refractivity contribution < 1.29 is 37.8 Å². The number of hydrogen-bond acceptors (Lipinski definition) is 1. The summed E-state index contributed by atoms with van der Waals surface area (Å²) in [5, 5.41) is 8.56. The van der Waals surface area contributed by atoms with E-state index in [1.807, 2.05) is 0 Å². The molecule has 1 N–H and O–H groups in total. The molecule has 0 aromatic rings. The van der Waals surface area contributed by atoms with Crippen molar-refractivity contribution in [1.29, 1.82) is 0 Å². The first-order valence-electron chi connectivity index (χ1n) is 3.97. The zero-order chi connectivity index (χ0) is 7.98. The molecule has 0 heterocycles. The van der Waals surface area contributed by atoms with E-state index < -0.39 is 0 Å². The van der Waals surface area contributed by atoms with E-state index in [2.05, 4.69) is 20.8 Å². The molecule has 2 heteroatoms. The van der Waals surface area contributed by atoms with Crippen LogP contribution in [0.15, 0.2) is 0 Å². The van der Waals surface area contributed by atoms with Crippen molar-refractivity contribution in [3.63, 3.8) is 0 Å². The molecule has 0 rings (SSSR count). The first-order chi connectivity index (χ1) is 4.72. The van der Waals surface area contributed by atoms with Gasteiger partial charge in [0.2, 0.25) is 0 Å². The molecule has 1 nitrogen and oxygen atoms in total. The Morgan fingerprint density at radius 2 is 2.00 bits per heavy atom. The molecule has 1 radical (unpaired) electrons. The minimum Gasteiger partial charge on any atom is -0.396 e. The Balaban J connectivity index is 0. The minimum absolute atomic E-state index is 0. The van der Waals surface area contributed by atoms with Crippen LogP contribution >= 0.6 is 0 Å². The molecule has 0 saturated heterocycles. The summed E-state index contributed by atoms with van der Waals surface area (Å²) in [6, 6.07) is 0. The molecule has 11 heavy (non-hydrogen) atoms. The Morgan fingerprint density at radius 1 is 1.45 bits per heavy atom. The largest absolute Gasteiger partial charge is 0.396 e. The average molecular weight is 231 g/mol. The van der Waals surface area contributed by atoms with Crippen molar-refractivity contribution in [1.82, 2.24) is 0 Å². The van der Waals surface area contributed by atoms with Gasteiger partial charge in [-0.1, -0.05) is 20.3 Å². The van der Waals surface area contributed by atoms with Crippen LogP contribution in [0.2, 0.25) is 0 Å². The Bertz CT molecular complexity index is 74.0. The summed E-state index contributed by atoms with van der Waals surface area (Å²) in [7, 11) is 0. The van der Waals surface area contributed by atoms with Gasteiger partial charge in [0.15, 0.2) is 0 Å². The van der Waals surface area contributed by atoms with Crippen LogP contribution in [0.3, 0.4) is 0 Å². The summed E-state index contributed by atoms with van der Waals surface area (Å²) in [6.07, 6.45) is 2.85. The Morgan fingerprint density at radius 3 is 2.27 bits per heavy atom. The maximum atomic E-state index is 8.56. The number of aliphatic hydroxyl groups excluding tert-OH is 1. The fourth-order valence-corrected chi connectivity index (χ4v) is 1.01. The standard InChI is InChI=1S/C9H18O.Y/c1-4-9(8(2)3)6-5-7-10;/h8,10H,1,4-7H2,2-3H3;/q-2;. The fourth-order valence-electron chi connectivity index (χ4n) is 1.01. The first-order valence-corrected chi connectivity index (χ1v) is 3.97. The van der Waals surface area contributed by atoms with E-state index in [4.69, 9.17) is 5.11 Å². The van der Waals surface area contributed by atoms with Gasteiger partial charge in [0.25, 0.3) is 0 Å². The molecule has 65 valence electrons. The molecule has 0 saturated carbocycles. The monoisotopic (exact) mass is 231 g/mol. The van der Waals surface area contributed by atoms with Crippen LogP contribution in [0.5, 0.6) is 0 Å². The Kier molecular flexibility index (Phi) is 12.1. The topological polar surface area (TPSA) is 20.2 Å². The summed E-state index contributed by atoms with van der Waals surface area (Å²) in [5.41, 5.74) is 0. The van der Waals surface area contributed by atoms with Gasteiger partial charge in [0, 0.05) is 39.3 Å². The van der Waals surface area contributed by atoms with Gasteiger partial charge in [-0.3, -0.25) is 0 Å². The van der Waals surface area contributed by atoms with Gasteiger partial charge in [0.1, 0.15) is 0 Å². The number of hydrogen-bond donors (Lipinski definition) is 1. The van der Waals surface area contributed by atoms with E-state index in [1.165, 1.54) is 5.92 Å². The second-order valence-corrected chi connectivity index (χ2v) is 2.89. The predicted octanol–water partition coefficient (Wildman–Crippen LogP) is 2.21. The zero-order valence-electron chi connectivity index (χ0n) is 7.64. The van der Waals surface area contributed by atoms with Gasteiger partial charge >= 0.3 is 0 Å². The molecule has 0 atom stereocenters. The smallest absolute Gasteiger partial charge is 0.0406 e. The van der Waals surface area contributed by atoms with Crippen molar-refractivity contribution >= 4 is 0 Å². The van der Waals surface area contributed by atoms with Gasteiger partial charge in [-0.25, -0.2) is 0 Å². The third-order valence-corrected chi connectivity index (χ3v) is 1.79. The van der Waals surface area contributed by atoms with Crippen LogP contribution in [0, 0.1) is 18.8 Å².